The first-order valence-electron chi connectivity index (χ1n) is 17.5. The van der Waals surface area contributed by atoms with Crippen molar-refractivity contribution in [3.8, 4) is 44.5 Å². The molecule has 0 radical (unpaired) electrons. The molecule has 242 valence electrons. The average molecular weight is 665 g/mol. The third-order valence-electron chi connectivity index (χ3n) is 10.4. The zero-order valence-corrected chi connectivity index (χ0v) is 27.9. The maximum absolute atomic E-state index is 6.29. The summed E-state index contributed by atoms with van der Waals surface area (Å²) in [5.74, 6) is 0. The van der Waals surface area contributed by atoms with Gasteiger partial charge in [0.1, 0.15) is 22.3 Å². The molecular formula is C48H28N2O2. The van der Waals surface area contributed by atoms with Crippen molar-refractivity contribution in [2.75, 3.05) is 0 Å². The third kappa shape index (κ3) is 4.48. The van der Waals surface area contributed by atoms with E-state index in [0.717, 1.165) is 110 Å². The van der Waals surface area contributed by atoms with Crippen LogP contribution in [0, 0.1) is 0 Å². The van der Waals surface area contributed by atoms with E-state index in [1.54, 1.807) is 0 Å². The number of benzene rings is 7. The Morgan fingerprint density at radius 2 is 0.731 bits per heavy atom. The molecule has 4 heterocycles. The van der Waals surface area contributed by atoms with Gasteiger partial charge in [-0.15, -0.1) is 0 Å². The number of furan rings is 2. The predicted octanol–water partition coefficient (Wildman–Crippen LogP) is 13.2. The largest absolute Gasteiger partial charge is 0.455 e. The molecule has 4 nitrogen and oxygen atoms in total. The molecule has 0 unspecified atom stereocenters. The Bertz CT molecular complexity index is 2950. The van der Waals surface area contributed by atoms with Crippen LogP contribution in [0.5, 0.6) is 0 Å². The number of aromatic nitrogens is 2. The van der Waals surface area contributed by atoms with Crippen LogP contribution < -0.4 is 0 Å². The molecule has 0 aliphatic carbocycles. The molecule has 0 spiro atoms. The fourth-order valence-corrected chi connectivity index (χ4v) is 7.74. The summed E-state index contributed by atoms with van der Waals surface area (Å²) in [5, 5.41) is 6.67. The molecule has 0 fully saturated rings. The number of rotatable bonds is 4. The van der Waals surface area contributed by atoms with Gasteiger partial charge in [-0.1, -0.05) is 133 Å². The van der Waals surface area contributed by atoms with Crippen molar-refractivity contribution >= 4 is 65.7 Å². The first-order chi connectivity index (χ1) is 25.7. The molecule has 0 amide bonds. The van der Waals surface area contributed by atoms with E-state index in [0.29, 0.717) is 0 Å². The molecule has 4 aromatic heterocycles. The predicted molar refractivity (Wildman–Crippen MR) is 213 cm³/mol. The normalized spacial score (nSPS) is 11.8. The molecule has 11 rings (SSSR count). The highest BCUT2D eigenvalue weighted by atomic mass is 16.3. The number of para-hydroxylation sites is 4. The van der Waals surface area contributed by atoms with Crippen molar-refractivity contribution in [1.82, 2.24) is 9.97 Å². The van der Waals surface area contributed by atoms with E-state index < -0.39 is 0 Å². The molecule has 52 heavy (non-hydrogen) atoms. The number of fused-ring (bicyclic) bond motifs is 9. The van der Waals surface area contributed by atoms with Crippen LogP contribution in [0.1, 0.15) is 0 Å². The maximum atomic E-state index is 6.29. The summed E-state index contributed by atoms with van der Waals surface area (Å²) in [7, 11) is 0. The van der Waals surface area contributed by atoms with Gasteiger partial charge in [-0.2, -0.15) is 0 Å². The maximum Gasteiger partial charge on any atom is 0.143 e. The molecule has 0 saturated heterocycles. The second kappa shape index (κ2) is 11.2. The number of nitrogens with zero attached hydrogens (tertiary/aromatic N) is 2. The minimum atomic E-state index is 0.898. The summed E-state index contributed by atoms with van der Waals surface area (Å²) < 4.78 is 12.6. The number of pyridine rings is 2. The van der Waals surface area contributed by atoms with Crippen molar-refractivity contribution in [2.24, 2.45) is 0 Å². The summed E-state index contributed by atoms with van der Waals surface area (Å²) in [6.07, 6.45) is 3.90. The summed E-state index contributed by atoms with van der Waals surface area (Å²) in [5.41, 5.74) is 14.2. The first kappa shape index (κ1) is 28.8. The monoisotopic (exact) mass is 664 g/mol. The average Bonchev–Trinajstić information content (AvgIpc) is 3.79. The Balaban J connectivity index is 0.890. The molecular weight excluding hydrogens is 637 g/mol. The quantitative estimate of drug-likeness (QED) is 0.176. The Hall–Kier alpha value is -7.04. The van der Waals surface area contributed by atoms with Crippen LogP contribution in [-0.2, 0) is 0 Å². The van der Waals surface area contributed by atoms with E-state index in [2.05, 4.69) is 133 Å². The summed E-state index contributed by atoms with van der Waals surface area (Å²) in [6.45, 7) is 0. The lowest BCUT2D eigenvalue weighted by Crippen LogP contribution is -1.89. The fraction of sp³-hybridized carbons (Fsp3) is 0. The molecule has 0 atom stereocenters. The molecule has 0 aliphatic heterocycles. The zero-order valence-electron chi connectivity index (χ0n) is 27.9. The molecule has 0 saturated carbocycles. The van der Waals surface area contributed by atoms with Gasteiger partial charge in [0.05, 0.1) is 11.0 Å². The van der Waals surface area contributed by atoms with Crippen LogP contribution in [0.2, 0.25) is 0 Å². The lowest BCUT2D eigenvalue weighted by atomic mass is 9.98. The third-order valence-corrected chi connectivity index (χ3v) is 10.4. The van der Waals surface area contributed by atoms with Gasteiger partial charge in [0, 0.05) is 67.0 Å². The second-order valence-corrected chi connectivity index (χ2v) is 13.4. The van der Waals surface area contributed by atoms with E-state index in [-0.39, 0.29) is 0 Å². The number of hydrogen-bond acceptors (Lipinski definition) is 4. The van der Waals surface area contributed by atoms with E-state index in [9.17, 15) is 0 Å². The van der Waals surface area contributed by atoms with Crippen molar-refractivity contribution in [1.29, 1.82) is 0 Å². The minimum absolute atomic E-state index is 0.898. The molecule has 0 bridgehead atoms. The van der Waals surface area contributed by atoms with Crippen LogP contribution in [0.4, 0.5) is 0 Å². The van der Waals surface area contributed by atoms with Gasteiger partial charge in [-0.25, -0.2) is 0 Å². The Morgan fingerprint density at radius 3 is 1.19 bits per heavy atom. The first-order valence-corrected chi connectivity index (χ1v) is 17.5. The van der Waals surface area contributed by atoms with Crippen LogP contribution in [0.15, 0.2) is 179 Å². The van der Waals surface area contributed by atoms with E-state index in [1.807, 2.05) is 36.7 Å². The lowest BCUT2D eigenvalue weighted by Gasteiger charge is -2.09. The van der Waals surface area contributed by atoms with Crippen LogP contribution >= 0.6 is 0 Å². The smallest absolute Gasteiger partial charge is 0.143 e. The van der Waals surface area contributed by atoms with E-state index >= 15 is 0 Å². The highest BCUT2D eigenvalue weighted by Gasteiger charge is 2.14. The Labute approximate surface area is 298 Å². The number of hydrogen-bond donors (Lipinski definition) is 0. The summed E-state index contributed by atoms with van der Waals surface area (Å²) >= 11 is 0. The van der Waals surface area contributed by atoms with Gasteiger partial charge >= 0.3 is 0 Å². The molecule has 7 aromatic carbocycles. The van der Waals surface area contributed by atoms with Gasteiger partial charge in [0.25, 0.3) is 0 Å². The van der Waals surface area contributed by atoms with Gasteiger partial charge in [0.15, 0.2) is 0 Å². The van der Waals surface area contributed by atoms with Gasteiger partial charge in [0.2, 0.25) is 0 Å². The van der Waals surface area contributed by atoms with Crippen LogP contribution in [0.25, 0.3) is 110 Å². The highest BCUT2D eigenvalue weighted by molar-refractivity contribution is 6.11. The Morgan fingerprint density at radius 1 is 0.327 bits per heavy atom. The van der Waals surface area contributed by atoms with Gasteiger partial charge in [-0.3, -0.25) is 9.97 Å². The summed E-state index contributed by atoms with van der Waals surface area (Å²) in [6, 6.07) is 55.1. The summed E-state index contributed by atoms with van der Waals surface area (Å²) in [4.78, 5) is 9.87. The fourth-order valence-electron chi connectivity index (χ4n) is 7.74. The molecule has 0 N–H and O–H groups in total. The van der Waals surface area contributed by atoms with Gasteiger partial charge in [-0.05, 0) is 46.5 Å². The van der Waals surface area contributed by atoms with Crippen molar-refractivity contribution in [3.63, 3.8) is 0 Å². The molecule has 0 aliphatic rings. The topological polar surface area (TPSA) is 52.1 Å². The van der Waals surface area contributed by atoms with Gasteiger partial charge < -0.3 is 8.83 Å². The van der Waals surface area contributed by atoms with E-state index in [4.69, 9.17) is 18.8 Å². The van der Waals surface area contributed by atoms with Crippen LogP contribution in [0.3, 0.4) is 0 Å². The highest BCUT2D eigenvalue weighted by Crippen LogP contribution is 2.38. The lowest BCUT2D eigenvalue weighted by molar-refractivity contribution is 0.669. The SMILES string of the molecule is c1ccc2c(c1)oc1c(-c3ccc(-c4cnc5c(ccc6cc(-c7ccc(-c8cccc9c8oc8ccccc89)cc7)cnc65)c4)cc3)cccc12. The van der Waals surface area contributed by atoms with E-state index in [1.165, 1.54) is 0 Å². The second-order valence-electron chi connectivity index (χ2n) is 13.4. The Kier molecular flexibility index (Phi) is 6.22. The molecule has 4 heteroatoms. The van der Waals surface area contributed by atoms with Crippen LogP contribution in [-0.4, -0.2) is 9.97 Å². The van der Waals surface area contributed by atoms with Crippen molar-refractivity contribution in [3.05, 3.63) is 170 Å². The van der Waals surface area contributed by atoms with Crippen molar-refractivity contribution in [2.45, 2.75) is 0 Å². The zero-order chi connectivity index (χ0) is 34.2. The minimum Gasteiger partial charge on any atom is -0.455 e. The standard InChI is InChI=1S/C48H28N2O2/c1-3-13-43-39(7-1)41-11-5-9-37(47(41)51-43)31-19-15-29(16-20-31)35-25-33-23-24-34-26-36(28-50-46(34)45(33)49-27-35)30-17-21-32(22-18-30)38-10-6-12-42-40-8-2-4-14-44(40)52-48(38)42/h1-28H. The van der Waals surface area contributed by atoms with Crippen molar-refractivity contribution < 1.29 is 8.83 Å². The molecule has 11 aromatic rings.